The SMILES string of the molecule is C[Si](C)(C)C#Cc1cccc(-c2cc(Cc3ccccc3)nc3c(C(F)(F)F)cccc23)c1. The molecule has 166 valence electrons. The summed E-state index contributed by atoms with van der Waals surface area (Å²) in [5.41, 5.74) is 6.63. The summed E-state index contributed by atoms with van der Waals surface area (Å²) in [6, 6.07) is 23.5. The topological polar surface area (TPSA) is 12.9 Å². The molecule has 0 fully saturated rings. The minimum atomic E-state index is -4.49. The Kier molecular flexibility index (Phi) is 6.14. The van der Waals surface area contributed by atoms with Gasteiger partial charge in [0.1, 0.15) is 8.07 Å². The zero-order valence-corrected chi connectivity index (χ0v) is 19.8. The second kappa shape index (κ2) is 8.88. The number of aromatic nitrogens is 1. The van der Waals surface area contributed by atoms with E-state index < -0.39 is 19.8 Å². The van der Waals surface area contributed by atoms with E-state index in [9.17, 15) is 13.2 Å². The number of rotatable bonds is 3. The van der Waals surface area contributed by atoms with Crippen LogP contribution >= 0.6 is 0 Å². The van der Waals surface area contributed by atoms with Crippen LogP contribution in [-0.4, -0.2) is 13.1 Å². The summed E-state index contributed by atoms with van der Waals surface area (Å²) in [4.78, 5) is 4.47. The smallest absolute Gasteiger partial charge is 0.252 e. The Bertz CT molecular complexity index is 1360. The van der Waals surface area contributed by atoms with Crippen molar-refractivity contribution in [2.45, 2.75) is 32.2 Å². The van der Waals surface area contributed by atoms with Crippen molar-refractivity contribution in [2.75, 3.05) is 0 Å². The Morgan fingerprint density at radius 3 is 2.27 bits per heavy atom. The Labute approximate surface area is 193 Å². The molecule has 0 atom stereocenters. The highest BCUT2D eigenvalue weighted by Gasteiger charge is 2.33. The first kappa shape index (κ1) is 22.8. The van der Waals surface area contributed by atoms with Crippen LogP contribution in [0.4, 0.5) is 13.2 Å². The fraction of sp³-hybridized carbons (Fsp3) is 0.179. The van der Waals surface area contributed by atoms with Crippen molar-refractivity contribution < 1.29 is 13.2 Å². The van der Waals surface area contributed by atoms with Crippen molar-refractivity contribution in [1.82, 2.24) is 4.98 Å². The van der Waals surface area contributed by atoms with Crippen molar-refractivity contribution in [2.24, 2.45) is 0 Å². The maximum atomic E-state index is 13.8. The molecule has 5 heteroatoms. The van der Waals surface area contributed by atoms with E-state index >= 15 is 0 Å². The lowest BCUT2D eigenvalue weighted by molar-refractivity contribution is -0.136. The highest BCUT2D eigenvalue weighted by atomic mass is 28.3. The standard InChI is InChI=1S/C28H24F3NSi/c1-33(2,3)16-15-21-11-7-12-22(17-21)25-19-23(18-20-9-5-4-6-10-20)32-27-24(25)13-8-14-26(27)28(29,30)31/h4-14,17,19H,18H2,1-3H3. The summed E-state index contributed by atoms with van der Waals surface area (Å²) < 4.78 is 41.5. The Morgan fingerprint density at radius 2 is 1.58 bits per heavy atom. The van der Waals surface area contributed by atoms with E-state index in [0.717, 1.165) is 28.3 Å². The molecule has 0 spiro atoms. The van der Waals surface area contributed by atoms with Crippen LogP contribution in [0.5, 0.6) is 0 Å². The molecular formula is C28H24F3NSi. The highest BCUT2D eigenvalue weighted by Crippen LogP contribution is 2.38. The van der Waals surface area contributed by atoms with E-state index in [1.54, 1.807) is 6.07 Å². The summed E-state index contributed by atoms with van der Waals surface area (Å²) in [6.45, 7) is 6.53. The minimum absolute atomic E-state index is 0.0213. The van der Waals surface area contributed by atoms with Gasteiger partial charge in [-0.2, -0.15) is 13.2 Å². The number of benzene rings is 3. The van der Waals surface area contributed by atoms with E-state index in [4.69, 9.17) is 0 Å². The van der Waals surface area contributed by atoms with E-state index in [2.05, 4.69) is 36.1 Å². The van der Waals surface area contributed by atoms with Crippen molar-refractivity contribution in [1.29, 1.82) is 0 Å². The first-order valence-corrected chi connectivity index (χ1v) is 14.3. The van der Waals surface area contributed by atoms with Crippen molar-refractivity contribution in [3.8, 4) is 22.6 Å². The Morgan fingerprint density at radius 1 is 0.848 bits per heavy atom. The third-order valence-electron chi connectivity index (χ3n) is 5.18. The molecule has 0 aliphatic heterocycles. The van der Waals surface area contributed by atoms with Gasteiger partial charge in [0.15, 0.2) is 0 Å². The van der Waals surface area contributed by atoms with Crippen LogP contribution in [0.1, 0.15) is 22.4 Å². The van der Waals surface area contributed by atoms with Gasteiger partial charge in [-0.25, -0.2) is 0 Å². The van der Waals surface area contributed by atoms with Crippen molar-refractivity contribution in [3.63, 3.8) is 0 Å². The predicted molar refractivity (Wildman–Crippen MR) is 132 cm³/mol. The van der Waals surface area contributed by atoms with Gasteiger partial charge in [-0.05, 0) is 41.0 Å². The average Bonchev–Trinajstić information content (AvgIpc) is 2.76. The Hall–Kier alpha value is -3.36. The number of para-hydroxylation sites is 1. The number of alkyl halides is 3. The van der Waals surface area contributed by atoms with E-state index in [1.807, 2.05) is 60.7 Å². The van der Waals surface area contributed by atoms with Gasteiger partial charge in [0.05, 0.1) is 11.1 Å². The first-order chi connectivity index (χ1) is 15.6. The number of halogens is 3. The number of hydrogen-bond acceptors (Lipinski definition) is 1. The van der Waals surface area contributed by atoms with Gasteiger partial charge in [-0.1, -0.05) is 80.2 Å². The van der Waals surface area contributed by atoms with E-state index in [1.165, 1.54) is 6.07 Å². The lowest BCUT2D eigenvalue weighted by Crippen LogP contribution is -2.16. The molecule has 0 aliphatic rings. The van der Waals surface area contributed by atoms with Gasteiger partial charge in [0.25, 0.3) is 0 Å². The minimum Gasteiger partial charge on any atom is -0.252 e. The molecule has 0 bridgehead atoms. The fourth-order valence-corrected chi connectivity index (χ4v) is 4.21. The van der Waals surface area contributed by atoms with Crippen molar-refractivity contribution in [3.05, 3.63) is 101 Å². The molecule has 0 saturated heterocycles. The molecule has 0 saturated carbocycles. The molecule has 0 N–H and O–H groups in total. The molecule has 0 unspecified atom stereocenters. The summed E-state index contributed by atoms with van der Waals surface area (Å²) in [5, 5.41) is 0.483. The number of hydrogen-bond donors (Lipinski definition) is 0. The predicted octanol–water partition coefficient (Wildman–Crippen LogP) is 7.74. The maximum Gasteiger partial charge on any atom is 0.418 e. The normalized spacial score (nSPS) is 11.8. The molecule has 1 aromatic heterocycles. The van der Waals surface area contributed by atoms with Gasteiger partial charge in [0.2, 0.25) is 0 Å². The molecule has 4 rings (SSSR count). The third-order valence-corrected chi connectivity index (χ3v) is 6.06. The number of fused-ring (bicyclic) bond motifs is 1. The van der Waals surface area contributed by atoms with Gasteiger partial charge >= 0.3 is 6.18 Å². The van der Waals surface area contributed by atoms with Crippen LogP contribution in [0.2, 0.25) is 19.6 Å². The molecule has 0 aliphatic carbocycles. The van der Waals surface area contributed by atoms with Crippen LogP contribution in [0.3, 0.4) is 0 Å². The van der Waals surface area contributed by atoms with Crippen molar-refractivity contribution >= 4 is 19.0 Å². The van der Waals surface area contributed by atoms with Crippen LogP contribution in [0, 0.1) is 11.5 Å². The van der Waals surface area contributed by atoms with Gasteiger partial charge < -0.3 is 0 Å². The van der Waals surface area contributed by atoms with E-state index in [0.29, 0.717) is 17.5 Å². The molecule has 33 heavy (non-hydrogen) atoms. The molecule has 4 aromatic rings. The zero-order valence-electron chi connectivity index (χ0n) is 18.8. The first-order valence-electron chi connectivity index (χ1n) is 10.8. The summed E-state index contributed by atoms with van der Waals surface area (Å²) in [5.74, 6) is 3.25. The van der Waals surface area contributed by atoms with Gasteiger partial charge in [0, 0.05) is 23.1 Å². The van der Waals surface area contributed by atoms with Gasteiger partial charge in [-0.15, -0.1) is 5.54 Å². The van der Waals surface area contributed by atoms with Crippen LogP contribution in [0.15, 0.2) is 78.9 Å². The number of pyridine rings is 1. The monoisotopic (exact) mass is 459 g/mol. The lowest BCUT2D eigenvalue weighted by atomic mass is 9.95. The maximum absolute atomic E-state index is 13.8. The lowest BCUT2D eigenvalue weighted by Gasteiger charge is -2.15. The van der Waals surface area contributed by atoms with Crippen LogP contribution < -0.4 is 0 Å². The molecule has 3 aromatic carbocycles. The molecular weight excluding hydrogens is 435 g/mol. The second-order valence-corrected chi connectivity index (χ2v) is 13.9. The zero-order chi connectivity index (χ0) is 23.6. The number of nitrogens with zero attached hydrogens (tertiary/aromatic N) is 1. The van der Waals surface area contributed by atoms with E-state index in [-0.39, 0.29) is 5.52 Å². The second-order valence-electron chi connectivity index (χ2n) is 9.10. The molecule has 0 radical (unpaired) electrons. The summed E-state index contributed by atoms with van der Waals surface area (Å²) in [7, 11) is -1.56. The fourth-order valence-electron chi connectivity index (χ4n) is 3.69. The Balaban J connectivity index is 1.92. The largest absolute Gasteiger partial charge is 0.418 e. The average molecular weight is 460 g/mol. The molecule has 0 amide bonds. The van der Waals surface area contributed by atoms with Crippen LogP contribution in [0.25, 0.3) is 22.0 Å². The highest BCUT2D eigenvalue weighted by molar-refractivity contribution is 6.83. The summed E-state index contributed by atoms with van der Waals surface area (Å²) >= 11 is 0. The summed E-state index contributed by atoms with van der Waals surface area (Å²) in [6.07, 6.45) is -4.04. The molecule has 1 heterocycles. The van der Waals surface area contributed by atoms with Crippen LogP contribution in [-0.2, 0) is 12.6 Å². The van der Waals surface area contributed by atoms with Gasteiger partial charge in [-0.3, -0.25) is 4.98 Å². The quantitative estimate of drug-likeness (QED) is 0.226. The molecule has 1 nitrogen and oxygen atoms in total. The third kappa shape index (κ3) is 5.53.